The molecular weight excluding hydrogens is 424 g/mol. The number of hydrogen-bond donors (Lipinski definition) is 0. The lowest BCUT2D eigenvalue weighted by Crippen LogP contribution is -2.26. The van der Waals surface area contributed by atoms with Gasteiger partial charge in [0, 0.05) is 47.6 Å². The second-order valence-electron chi connectivity index (χ2n) is 8.67. The van der Waals surface area contributed by atoms with Crippen LogP contribution < -0.4 is 0 Å². The Morgan fingerprint density at radius 1 is 1.06 bits per heavy atom. The molecule has 3 rings (SSSR count). The second kappa shape index (κ2) is 9.42. The highest BCUT2D eigenvalue weighted by Crippen LogP contribution is 2.22. The maximum atomic E-state index is 12.7. The van der Waals surface area contributed by atoms with E-state index >= 15 is 0 Å². The van der Waals surface area contributed by atoms with E-state index in [9.17, 15) is 13.2 Å². The van der Waals surface area contributed by atoms with E-state index < -0.39 is 10.0 Å². The van der Waals surface area contributed by atoms with Crippen LogP contribution in [0.3, 0.4) is 0 Å². The van der Waals surface area contributed by atoms with Crippen LogP contribution in [-0.2, 0) is 34.8 Å². The minimum absolute atomic E-state index is 0.0425. The van der Waals surface area contributed by atoms with Gasteiger partial charge < -0.3 is 9.47 Å². The molecule has 172 valence electrons. The summed E-state index contributed by atoms with van der Waals surface area (Å²) in [5.41, 5.74) is 3.83. The van der Waals surface area contributed by atoms with Crippen molar-refractivity contribution in [2.45, 2.75) is 44.0 Å². The van der Waals surface area contributed by atoms with Crippen molar-refractivity contribution < 1.29 is 13.2 Å². The summed E-state index contributed by atoms with van der Waals surface area (Å²) < 4.78 is 27.9. The number of carbonyl (C=O) groups is 1. The molecule has 0 saturated heterocycles. The zero-order chi connectivity index (χ0) is 23.6. The maximum absolute atomic E-state index is 12.7. The van der Waals surface area contributed by atoms with Crippen LogP contribution >= 0.6 is 0 Å². The Bertz CT molecular complexity index is 1210. The normalized spacial score (nSPS) is 12.1. The number of nitrogens with zero attached hydrogens (tertiary/aromatic N) is 4. The molecule has 0 N–H and O–H groups in total. The predicted molar refractivity (Wildman–Crippen MR) is 127 cm³/mol. The van der Waals surface area contributed by atoms with Crippen molar-refractivity contribution in [3.8, 4) is 0 Å². The summed E-state index contributed by atoms with van der Waals surface area (Å²) >= 11 is 0. The molecule has 0 atom stereocenters. The Labute approximate surface area is 190 Å². The average molecular weight is 457 g/mol. The largest absolute Gasteiger partial charge is 0.341 e. The molecule has 1 heterocycles. The fourth-order valence-electron chi connectivity index (χ4n) is 3.60. The summed E-state index contributed by atoms with van der Waals surface area (Å²) in [6.45, 7) is 4.88. The molecule has 0 saturated carbocycles. The van der Waals surface area contributed by atoms with E-state index in [1.807, 2.05) is 18.7 Å². The van der Waals surface area contributed by atoms with E-state index in [1.54, 1.807) is 23.1 Å². The van der Waals surface area contributed by atoms with E-state index in [1.165, 1.54) is 24.0 Å². The van der Waals surface area contributed by atoms with E-state index in [-0.39, 0.29) is 10.8 Å². The van der Waals surface area contributed by atoms with Gasteiger partial charge in [-0.15, -0.1) is 0 Å². The number of rotatable bonds is 8. The molecule has 0 fully saturated rings. The zero-order valence-corrected chi connectivity index (χ0v) is 20.5. The molecule has 0 radical (unpaired) electrons. The lowest BCUT2D eigenvalue weighted by Gasteiger charge is -2.18. The number of benzene rings is 2. The minimum atomic E-state index is -3.52. The van der Waals surface area contributed by atoms with E-state index in [0.29, 0.717) is 30.8 Å². The van der Waals surface area contributed by atoms with Gasteiger partial charge in [0.25, 0.3) is 0 Å². The smallest absolute Gasteiger partial charge is 0.242 e. The highest BCUT2D eigenvalue weighted by Gasteiger charge is 2.19. The van der Waals surface area contributed by atoms with Crippen LogP contribution in [0.15, 0.2) is 47.4 Å². The molecule has 32 heavy (non-hydrogen) atoms. The van der Waals surface area contributed by atoms with Crippen LogP contribution in [0.25, 0.3) is 11.0 Å². The Kier molecular flexibility index (Phi) is 7.05. The molecule has 0 aliphatic heterocycles. The first-order valence-corrected chi connectivity index (χ1v) is 12.2. The van der Waals surface area contributed by atoms with Crippen molar-refractivity contribution in [3.05, 3.63) is 59.4 Å². The molecule has 0 bridgehead atoms. The first kappa shape index (κ1) is 23.9. The summed E-state index contributed by atoms with van der Waals surface area (Å²) in [5.74, 6) is 1.28. The molecule has 0 unspecified atom stereocenters. The summed E-state index contributed by atoms with van der Waals surface area (Å²) in [5, 5.41) is 0. The summed E-state index contributed by atoms with van der Waals surface area (Å²) in [4.78, 5) is 19.2. The van der Waals surface area contributed by atoms with Crippen LogP contribution in [0, 0.1) is 0 Å². The molecule has 2 aromatic carbocycles. The number of carbonyl (C=O) groups excluding carboxylic acids is 1. The second-order valence-corrected chi connectivity index (χ2v) is 10.8. The molecule has 1 amide bonds. The van der Waals surface area contributed by atoms with Crippen molar-refractivity contribution in [2.24, 2.45) is 7.05 Å². The molecule has 0 aliphatic carbocycles. The summed E-state index contributed by atoms with van der Waals surface area (Å²) in [7, 11) is 3.18. The van der Waals surface area contributed by atoms with Gasteiger partial charge >= 0.3 is 0 Å². The molecule has 0 aliphatic rings. The fourth-order valence-corrected chi connectivity index (χ4v) is 4.53. The fraction of sp³-hybridized carbons (Fsp3) is 0.417. The zero-order valence-electron chi connectivity index (χ0n) is 19.7. The van der Waals surface area contributed by atoms with Crippen molar-refractivity contribution in [3.63, 3.8) is 0 Å². The molecule has 1 aromatic heterocycles. The van der Waals surface area contributed by atoms with Gasteiger partial charge in [-0.25, -0.2) is 17.7 Å². The number of sulfonamides is 1. The molecule has 7 nitrogen and oxygen atoms in total. The number of aryl methyl sites for hydroxylation is 2. The number of amides is 1. The van der Waals surface area contributed by atoms with Crippen LogP contribution in [-0.4, -0.2) is 54.2 Å². The highest BCUT2D eigenvalue weighted by atomic mass is 32.2. The monoisotopic (exact) mass is 456 g/mol. The SMILES string of the molecule is CC(C)c1ccc(CN(C)C(=O)CCc2nc3cc(S(=O)(=O)N(C)C)ccc3n2C)cc1. The van der Waals surface area contributed by atoms with Gasteiger partial charge in [0.15, 0.2) is 0 Å². The summed E-state index contributed by atoms with van der Waals surface area (Å²) in [6, 6.07) is 13.3. The molecule has 0 spiro atoms. The van der Waals surface area contributed by atoms with Gasteiger partial charge in [-0.2, -0.15) is 0 Å². The number of aromatic nitrogens is 2. The number of imidazole rings is 1. The van der Waals surface area contributed by atoms with Crippen molar-refractivity contribution in [1.29, 1.82) is 0 Å². The Morgan fingerprint density at radius 2 is 1.72 bits per heavy atom. The van der Waals surface area contributed by atoms with E-state index in [2.05, 4.69) is 43.1 Å². The lowest BCUT2D eigenvalue weighted by molar-refractivity contribution is -0.130. The van der Waals surface area contributed by atoms with Gasteiger partial charge in [0.1, 0.15) is 5.82 Å². The quantitative estimate of drug-likeness (QED) is 0.520. The van der Waals surface area contributed by atoms with Crippen LogP contribution in [0.5, 0.6) is 0 Å². The highest BCUT2D eigenvalue weighted by molar-refractivity contribution is 7.89. The molecule has 3 aromatic rings. The van der Waals surface area contributed by atoms with Crippen molar-refractivity contribution >= 4 is 27.0 Å². The van der Waals surface area contributed by atoms with Crippen LogP contribution in [0.4, 0.5) is 0 Å². The predicted octanol–water partition coefficient (Wildman–Crippen LogP) is 3.54. The summed E-state index contributed by atoms with van der Waals surface area (Å²) in [6.07, 6.45) is 0.816. The maximum Gasteiger partial charge on any atom is 0.242 e. The van der Waals surface area contributed by atoms with Crippen LogP contribution in [0.1, 0.15) is 43.1 Å². The lowest BCUT2D eigenvalue weighted by atomic mass is 10.0. The van der Waals surface area contributed by atoms with Crippen LogP contribution in [0.2, 0.25) is 0 Å². The topological polar surface area (TPSA) is 75.5 Å². The van der Waals surface area contributed by atoms with Gasteiger partial charge in [0.2, 0.25) is 15.9 Å². The third-order valence-electron chi connectivity index (χ3n) is 5.78. The van der Waals surface area contributed by atoms with Crippen molar-refractivity contribution in [2.75, 3.05) is 21.1 Å². The Morgan fingerprint density at radius 3 is 2.31 bits per heavy atom. The average Bonchev–Trinajstić information content (AvgIpc) is 3.07. The third-order valence-corrected chi connectivity index (χ3v) is 7.59. The first-order chi connectivity index (χ1) is 15.0. The van der Waals surface area contributed by atoms with Gasteiger partial charge in [-0.1, -0.05) is 38.1 Å². The van der Waals surface area contributed by atoms with Gasteiger partial charge in [0.05, 0.1) is 15.9 Å². The number of hydrogen-bond acceptors (Lipinski definition) is 4. The Hall–Kier alpha value is -2.71. The van der Waals surface area contributed by atoms with Crippen molar-refractivity contribution in [1.82, 2.24) is 18.8 Å². The van der Waals surface area contributed by atoms with Gasteiger partial charge in [-0.05, 0) is 35.2 Å². The third kappa shape index (κ3) is 5.02. The molecular formula is C24H32N4O3S. The van der Waals surface area contributed by atoms with Gasteiger partial charge in [-0.3, -0.25) is 4.79 Å². The number of fused-ring (bicyclic) bond motifs is 1. The first-order valence-electron chi connectivity index (χ1n) is 10.7. The van der Waals surface area contributed by atoms with E-state index in [0.717, 1.165) is 16.9 Å². The Balaban J connectivity index is 1.68. The minimum Gasteiger partial charge on any atom is -0.341 e. The van der Waals surface area contributed by atoms with E-state index in [4.69, 9.17) is 0 Å². The standard InChI is InChI=1S/C24H32N4O3S/c1-17(2)19-9-7-18(8-10-19)16-27(5)24(29)14-13-23-25-21-15-20(32(30,31)26(3)4)11-12-22(21)28(23)6/h7-12,15,17H,13-14,16H2,1-6H3. The molecule has 8 heteroatoms.